The predicted molar refractivity (Wildman–Crippen MR) is 180 cm³/mol. The normalized spacial score (nSPS) is 24.0. The van der Waals surface area contributed by atoms with Crippen molar-refractivity contribution in [3.8, 4) is 6.07 Å². The van der Waals surface area contributed by atoms with Crippen LogP contribution >= 0.6 is 0 Å². The second kappa shape index (κ2) is 15.2. The smallest absolute Gasteiger partial charge is 0.328 e. The van der Waals surface area contributed by atoms with E-state index in [1.54, 1.807) is 35.9 Å². The summed E-state index contributed by atoms with van der Waals surface area (Å²) >= 11 is 0. The lowest BCUT2D eigenvalue weighted by Crippen LogP contribution is -2.66. The predicted octanol–water partition coefficient (Wildman–Crippen LogP) is 3.40. The Morgan fingerprint density at radius 2 is 1.92 bits per heavy atom. The highest BCUT2D eigenvalue weighted by atomic mass is 16.5. The highest BCUT2D eigenvalue weighted by Gasteiger charge is 2.46. The fourth-order valence-corrected chi connectivity index (χ4v) is 6.47. The van der Waals surface area contributed by atoms with E-state index in [1.165, 1.54) is 13.4 Å². The summed E-state index contributed by atoms with van der Waals surface area (Å²) < 4.78 is 5.98. The molecule has 3 aliphatic rings. The minimum absolute atomic E-state index is 0.0631. The van der Waals surface area contributed by atoms with E-state index < -0.39 is 5.97 Å². The number of amides is 2. The number of hydrogen-bond acceptors (Lipinski definition) is 12. The van der Waals surface area contributed by atoms with E-state index in [2.05, 4.69) is 41.9 Å². The number of aliphatic hydroxyl groups is 1. The number of ether oxygens (including phenoxy) is 1. The fourth-order valence-electron chi connectivity index (χ4n) is 6.47. The molecule has 0 bridgehead atoms. The Kier molecular flexibility index (Phi) is 10.4. The topological polar surface area (TPSA) is 177 Å². The van der Waals surface area contributed by atoms with Gasteiger partial charge in [-0.25, -0.2) is 24.7 Å². The van der Waals surface area contributed by atoms with Crippen molar-refractivity contribution in [3.63, 3.8) is 0 Å². The van der Waals surface area contributed by atoms with Gasteiger partial charge in [-0.05, 0) is 50.5 Å². The molecule has 2 fully saturated rings. The van der Waals surface area contributed by atoms with Crippen molar-refractivity contribution in [2.24, 2.45) is 4.99 Å². The summed E-state index contributed by atoms with van der Waals surface area (Å²) in [6.45, 7) is 1.71. The molecule has 0 radical (unpaired) electrons. The van der Waals surface area contributed by atoms with Crippen LogP contribution in [0.15, 0.2) is 66.4 Å². The molecule has 0 spiro atoms. The minimum atomic E-state index is -1.46. The summed E-state index contributed by atoms with van der Waals surface area (Å²) in [6.07, 6.45) is 14.6. The van der Waals surface area contributed by atoms with Gasteiger partial charge in [0.05, 0.1) is 12.3 Å². The molecule has 14 nitrogen and oxygen atoms in total. The second-order valence-corrected chi connectivity index (χ2v) is 12.2. The molecule has 1 aliphatic carbocycles. The molecule has 1 aromatic carbocycles. The number of allylic oxidation sites excluding steroid dienone is 1. The summed E-state index contributed by atoms with van der Waals surface area (Å²) in [5.41, 5.74) is 2.94. The van der Waals surface area contributed by atoms with Crippen LogP contribution in [-0.4, -0.2) is 86.5 Å². The number of carbonyl (C=O) groups is 1. The van der Waals surface area contributed by atoms with Crippen LogP contribution in [0.25, 0.3) is 5.57 Å². The number of rotatable bonds is 9. The molecule has 2 unspecified atom stereocenters. The number of aromatic nitrogens is 4. The zero-order chi connectivity index (χ0) is 33.3. The maximum atomic E-state index is 14.0. The van der Waals surface area contributed by atoms with Crippen molar-refractivity contribution < 1.29 is 14.6 Å². The van der Waals surface area contributed by atoms with Crippen LogP contribution in [0, 0.1) is 11.3 Å². The average molecular weight is 652 g/mol. The van der Waals surface area contributed by atoms with Crippen LogP contribution in [0.2, 0.25) is 0 Å². The first kappa shape index (κ1) is 32.8. The molecule has 4 N–H and O–H groups in total. The molecule has 4 heterocycles. The van der Waals surface area contributed by atoms with E-state index in [9.17, 15) is 15.2 Å². The first-order chi connectivity index (χ1) is 23.5. The molecule has 2 atom stereocenters. The summed E-state index contributed by atoms with van der Waals surface area (Å²) in [4.78, 5) is 39.9. The first-order valence-electron chi connectivity index (χ1n) is 16.4. The first-order valence-corrected chi connectivity index (χ1v) is 16.4. The maximum absolute atomic E-state index is 14.0. The van der Waals surface area contributed by atoms with Crippen molar-refractivity contribution >= 4 is 29.6 Å². The Balaban J connectivity index is 1.17. The number of nitrogens with one attached hydrogen (secondary N) is 3. The lowest BCUT2D eigenvalue weighted by atomic mass is 9.90. The Labute approximate surface area is 280 Å². The quantitative estimate of drug-likeness (QED) is 0.250. The monoisotopic (exact) mass is 651 g/mol. The zero-order valence-corrected chi connectivity index (χ0v) is 27.0. The van der Waals surface area contributed by atoms with Crippen LogP contribution in [-0.2, 0) is 11.3 Å². The Hall–Kier alpha value is -5.13. The Morgan fingerprint density at radius 3 is 2.62 bits per heavy atom. The number of benzene rings is 1. The highest BCUT2D eigenvalue weighted by molar-refractivity contribution is 6.10. The summed E-state index contributed by atoms with van der Waals surface area (Å²) in [5, 5.41) is 29.7. The molecular formula is C34H41N11O3. The number of methoxy groups -OCH3 is 1. The lowest BCUT2D eigenvalue weighted by molar-refractivity contribution is -0.141. The van der Waals surface area contributed by atoms with Gasteiger partial charge in [-0.2, -0.15) is 10.2 Å². The summed E-state index contributed by atoms with van der Waals surface area (Å²) in [6, 6.07) is 11.5. The van der Waals surface area contributed by atoms with E-state index in [-0.39, 0.29) is 24.2 Å². The molecule has 1 saturated heterocycles. The molecule has 2 amide bonds. The van der Waals surface area contributed by atoms with Crippen molar-refractivity contribution in [2.75, 3.05) is 30.4 Å². The van der Waals surface area contributed by atoms with Gasteiger partial charge in [0.25, 0.3) is 0 Å². The summed E-state index contributed by atoms with van der Waals surface area (Å²) in [5.74, 6) is -0.405. The number of carbonyl (C=O) groups excluding carboxylic acids is 1. The molecule has 14 heteroatoms. The second-order valence-electron chi connectivity index (χ2n) is 12.2. The van der Waals surface area contributed by atoms with Gasteiger partial charge in [0.2, 0.25) is 5.95 Å². The molecule has 48 heavy (non-hydrogen) atoms. The molecule has 3 aromatic rings. The van der Waals surface area contributed by atoms with E-state index in [0.29, 0.717) is 49.7 Å². The van der Waals surface area contributed by atoms with Crippen LogP contribution in [0.3, 0.4) is 0 Å². The number of hydrogen-bond donors (Lipinski definition) is 4. The van der Waals surface area contributed by atoms with Gasteiger partial charge in [-0.3, -0.25) is 4.90 Å². The SMILES string of the molecule is COC1(N(C(=O)NCc2ccccc2)[C@H]2CC[C@H](Nc3ncc(C#N)c(N4CCCC(O)CC4)n3)CC2)N=CC(c2cncnc2)=CN1. The lowest BCUT2D eigenvalue weighted by Gasteiger charge is -2.46. The third-order valence-corrected chi connectivity index (χ3v) is 9.09. The number of anilines is 2. The molecule has 1 saturated carbocycles. The van der Waals surface area contributed by atoms with Gasteiger partial charge in [-0.1, -0.05) is 30.3 Å². The van der Waals surface area contributed by atoms with Crippen molar-refractivity contribution in [1.82, 2.24) is 35.5 Å². The van der Waals surface area contributed by atoms with Crippen molar-refractivity contribution in [1.29, 1.82) is 5.26 Å². The third kappa shape index (κ3) is 7.53. The van der Waals surface area contributed by atoms with E-state index >= 15 is 0 Å². The molecular weight excluding hydrogens is 610 g/mol. The number of urea groups is 1. The Morgan fingerprint density at radius 1 is 1.12 bits per heavy atom. The average Bonchev–Trinajstić information content (AvgIpc) is 3.36. The van der Waals surface area contributed by atoms with Gasteiger partial charge < -0.3 is 30.7 Å². The van der Waals surface area contributed by atoms with Gasteiger partial charge in [-0.15, -0.1) is 0 Å². The minimum Gasteiger partial charge on any atom is -0.393 e. The van der Waals surface area contributed by atoms with Crippen molar-refractivity contribution in [3.05, 3.63) is 78.1 Å². The van der Waals surface area contributed by atoms with E-state index in [4.69, 9.17) is 14.7 Å². The number of aliphatic imine (C=N–C) groups is 1. The number of nitriles is 1. The van der Waals surface area contributed by atoms with Crippen LogP contribution < -0.4 is 20.9 Å². The van der Waals surface area contributed by atoms with Crippen molar-refractivity contribution in [2.45, 2.75) is 75.7 Å². The van der Waals surface area contributed by atoms with Crippen LogP contribution in [0.1, 0.15) is 61.6 Å². The standard InChI is InChI=1S/C34H41N11O3/c1-48-34(40-21-27(22-41-34)26-18-36-23-37-19-26)45(33(47)39-17-24-6-3-2-4-7-24)29-11-9-28(10-12-29)42-32-38-20-25(16-35)31(43-32)44-14-5-8-30(46)13-15-44/h2-4,6-7,18-23,28-30,40,46H,5,8-15,17H2,1H3,(H,39,47)(H,38,42,43)/t28-,29-,30?,34?. The highest BCUT2D eigenvalue weighted by Crippen LogP contribution is 2.32. The molecule has 6 rings (SSSR count). The van der Waals surface area contributed by atoms with Gasteiger partial charge in [0, 0.05) is 74.8 Å². The third-order valence-electron chi connectivity index (χ3n) is 9.09. The molecule has 2 aromatic heterocycles. The maximum Gasteiger partial charge on any atom is 0.328 e. The zero-order valence-electron chi connectivity index (χ0n) is 27.0. The van der Waals surface area contributed by atoms with Gasteiger partial charge >= 0.3 is 12.0 Å². The molecule has 250 valence electrons. The van der Waals surface area contributed by atoms with Crippen LogP contribution in [0.5, 0.6) is 0 Å². The van der Waals surface area contributed by atoms with Gasteiger partial charge in [0.15, 0.2) is 5.82 Å². The largest absolute Gasteiger partial charge is 0.393 e. The summed E-state index contributed by atoms with van der Waals surface area (Å²) in [7, 11) is 1.53. The Bertz CT molecular complexity index is 1640. The molecule has 2 aliphatic heterocycles. The number of nitrogens with zero attached hydrogens (tertiary/aromatic N) is 8. The van der Waals surface area contributed by atoms with Gasteiger partial charge in [0.1, 0.15) is 18.0 Å². The number of aliphatic hydroxyl groups excluding tert-OH is 1. The fraction of sp³-hybridized carbons (Fsp3) is 0.441. The van der Waals surface area contributed by atoms with E-state index in [0.717, 1.165) is 48.9 Å². The van der Waals surface area contributed by atoms with Crippen LogP contribution in [0.4, 0.5) is 16.6 Å². The van der Waals surface area contributed by atoms with E-state index in [1.807, 2.05) is 30.3 Å².